The summed E-state index contributed by atoms with van der Waals surface area (Å²) < 4.78 is 0. The molecule has 0 N–H and O–H groups in total. The molecule has 0 saturated heterocycles. The molecule has 0 fully saturated rings. The molecule has 0 nitrogen and oxygen atoms in total. The summed E-state index contributed by atoms with van der Waals surface area (Å²) in [5, 5.41) is 5.27. The summed E-state index contributed by atoms with van der Waals surface area (Å²) in [5.41, 5.74) is 18.2. The Morgan fingerprint density at radius 2 is 0.885 bits per heavy atom. The van der Waals surface area contributed by atoms with Crippen molar-refractivity contribution in [3.8, 4) is 55.6 Å². The summed E-state index contributed by atoms with van der Waals surface area (Å²) in [6.07, 6.45) is 0. The predicted molar refractivity (Wildman–Crippen MR) is 218 cm³/mol. The van der Waals surface area contributed by atoms with Crippen molar-refractivity contribution in [3.63, 3.8) is 0 Å². The SMILES string of the molecule is c1ccc2c(c1)Sc1ccc(-c3ccccc3-c3cccc4c3-c3ccccc3C43c4ccccc4-c4ccc5ccccc5c43)c3cccc-2c13. The van der Waals surface area contributed by atoms with Gasteiger partial charge in [0.05, 0.1) is 5.41 Å². The van der Waals surface area contributed by atoms with Crippen LogP contribution in [0.15, 0.2) is 192 Å². The van der Waals surface area contributed by atoms with E-state index in [4.69, 9.17) is 0 Å². The third kappa shape index (κ3) is 3.54. The predicted octanol–water partition coefficient (Wildman–Crippen LogP) is 13.8. The molecule has 0 amide bonds. The molecule has 0 aromatic heterocycles. The minimum absolute atomic E-state index is 0.422. The highest BCUT2D eigenvalue weighted by atomic mass is 32.2. The molecule has 9 aromatic carbocycles. The van der Waals surface area contributed by atoms with Gasteiger partial charge in [-0.1, -0.05) is 182 Å². The molecule has 1 heteroatoms. The van der Waals surface area contributed by atoms with E-state index in [-0.39, 0.29) is 0 Å². The number of fused-ring (bicyclic) bond motifs is 14. The molecule has 9 aromatic rings. The van der Waals surface area contributed by atoms with Crippen molar-refractivity contribution < 1.29 is 0 Å². The van der Waals surface area contributed by atoms with Gasteiger partial charge in [-0.3, -0.25) is 0 Å². The Morgan fingerprint density at radius 3 is 1.75 bits per heavy atom. The molecule has 1 aliphatic heterocycles. The molecule has 0 bridgehead atoms. The van der Waals surface area contributed by atoms with Gasteiger partial charge >= 0.3 is 0 Å². The van der Waals surface area contributed by atoms with Crippen LogP contribution < -0.4 is 0 Å². The molecule has 240 valence electrons. The Morgan fingerprint density at radius 1 is 0.308 bits per heavy atom. The quantitative estimate of drug-likeness (QED) is 0.176. The second-order valence-corrected chi connectivity index (χ2v) is 15.3. The first kappa shape index (κ1) is 28.5. The van der Waals surface area contributed by atoms with Crippen molar-refractivity contribution in [2.75, 3.05) is 0 Å². The fourth-order valence-electron chi connectivity index (χ4n) is 9.96. The molecule has 0 radical (unpaired) electrons. The van der Waals surface area contributed by atoms with Crippen molar-refractivity contribution in [2.45, 2.75) is 15.2 Å². The van der Waals surface area contributed by atoms with E-state index in [0.717, 1.165) is 0 Å². The fraction of sp³-hybridized carbons (Fsp3) is 0.0196. The van der Waals surface area contributed by atoms with Crippen molar-refractivity contribution >= 4 is 33.3 Å². The Labute approximate surface area is 307 Å². The van der Waals surface area contributed by atoms with Gasteiger partial charge in [-0.2, -0.15) is 0 Å². The maximum absolute atomic E-state index is 2.41. The van der Waals surface area contributed by atoms with Gasteiger partial charge in [-0.25, -0.2) is 0 Å². The van der Waals surface area contributed by atoms with Gasteiger partial charge in [0, 0.05) is 15.2 Å². The lowest BCUT2D eigenvalue weighted by molar-refractivity contribution is 0.801. The van der Waals surface area contributed by atoms with Crippen molar-refractivity contribution in [1.29, 1.82) is 0 Å². The number of hydrogen-bond donors (Lipinski definition) is 0. The maximum Gasteiger partial charge on any atom is 0.0731 e. The topological polar surface area (TPSA) is 0 Å². The van der Waals surface area contributed by atoms with Crippen molar-refractivity contribution in [3.05, 3.63) is 204 Å². The van der Waals surface area contributed by atoms with E-state index in [1.165, 1.54) is 109 Å². The third-order valence-corrected chi connectivity index (χ3v) is 13.0. The first-order chi connectivity index (χ1) is 25.8. The van der Waals surface area contributed by atoms with E-state index >= 15 is 0 Å². The maximum atomic E-state index is 2.41. The van der Waals surface area contributed by atoms with E-state index in [1.807, 2.05) is 11.8 Å². The van der Waals surface area contributed by atoms with E-state index in [1.54, 1.807) is 0 Å². The van der Waals surface area contributed by atoms with Gasteiger partial charge in [0.2, 0.25) is 0 Å². The second-order valence-electron chi connectivity index (χ2n) is 14.3. The van der Waals surface area contributed by atoms with Crippen molar-refractivity contribution in [1.82, 2.24) is 0 Å². The Hall–Kier alpha value is -6.15. The van der Waals surface area contributed by atoms with E-state index in [2.05, 4.69) is 182 Å². The summed E-state index contributed by atoms with van der Waals surface area (Å²) in [6.45, 7) is 0. The van der Waals surface area contributed by atoms with Crippen LogP contribution in [0.4, 0.5) is 0 Å². The van der Waals surface area contributed by atoms with Gasteiger partial charge in [0.25, 0.3) is 0 Å². The van der Waals surface area contributed by atoms with Crippen LogP contribution in [-0.4, -0.2) is 0 Å². The third-order valence-electron chi connectivity index (χ3n) is 11.9. The standard InChI is InChI=1S/C51H30S/c1-2-14-32-31(13-1)27-28-41-36-17-5-8-23-43(36)51(50(32)41)44-24-9-6-19-42(44)48-38(22-12-25-45(48)51)34-16-4-3-15-33(34)35-29-30-47-49-39(35)20-11-21-40(49)37-18-7-10-26-46(37)52-47/h1-30H. The Kier molecular flexibility index (Phi) is 5.73. The van der Waals surface area contributed by atoms with Crippen LogP contribution in [0.5, 0.6) is 0 Å². The minimum Gasteiger partial charge on any atom is -0.0888 e. The Bertz CT molecular complexity index is 3000. The largest absolute Gasteiger partial charge is 0.0888 e. The molecule has 52 heavy (non-hydrogen) atoms. The molecular formula is C51H30S. The van der Waals surface area contributed by atoms with Gasteiger partial charge in [0.1, 0.15) is 0 Å². The highest BCUT2D eigenvalue weighted by Gasteiger charge is 2.52. The first-order valence-electron chi connectivity index (χ1n) is 18.1. The van der Waals surface area contributed by atoms with Crippen LogP contribution in [0, 0.1) is 0 Å². The number of rotatable bonds is 2. The molecular weight excluding hydrogens is 645 g/mol. The van der Waals surface area contributed by atoms with Gasteiger partial charge in [0.15, 0.2) is 0 Å². The monoisotopic (exact) mass is 674 g/mol. The molecule has 2 aliphatic carbocycles. The highest BCUT2D eigenvalue weighted by Crippen LogP contribution is 2.65. The summed E-state index contributed by atoms with van der Waals surface area (Å²) in [5.74, 6) is 0. The number of hydrogen-bond acceptors (Lipinski definition) is 1. The van der Waals surface area contributed by atoms with Gasteiger partial charge in [-0.05, 0) is 106 Å². The van der Waals surface area contributed by atoms with Crippen molar-refractivity contribution in [2.24, 2.45) is 0 Å². The Balaban J connectivity index is 1.16. The van der Waals surface area contributed by atoms with Crippen LogP contribution in [0.1, 0.15) is 22.3 Å². The summed E-state index contributed by atoms with van der Waals surface area (Å²) in [4.78, 5) is 2.65. The smallest absolute Gasteiger partial charge is 0.0731 e. The van der Waals surface area contributed by atoms with E-state index in [0.29, 0.717) is 0 Å². The van der Waals surface area contributed by atoms with Crippen LogP contribution in [0.2, 0.25) is 0 Å². The summed E-state index contributed by atoms with van der Waals surface area (Å²) >= 11 is 1.89. The van der Waals surface area contributed by atoms with Gasteiger partial charge in [-0.15, -0.1) is 0 Å². The fourth-order valence-corrected chi connectivity index (χ4v) is 11.1. The molecule has 1 spiro atoms. The summed E-state index contributed by atoms with van der Waals surface area (Å²) in [7, 11) is 0. The molecule has 0 saturated carbocycles. The average molecular weight is 675 g/mol. The van der Waals surface area contributed by atoms with Crippen LogP contribution >= 0.6 is 11.8 Å². The average Bonchev–Trinajstić information content (AvgIpc) is 3.69. The lowest BCUT2D eigenvalue weighted by Gasteiger charge is -2.31. The van der Waals surface area contributed by atoms with Crippen LogP contribution in [0.25, 0.3) is 77.2 Å². The molecule has 12 rings (SSSR count). The van der Waals surface area contributed by atoms with Gasteiger partial charge < -0.3 is 0 Å². The lowest BCUT2D eigenvalue weighted by atomic mass is 9.69. The molecule has 1 unspecified atom stereocenters. The van der Waals surface area contributed by atoms with Crippen LogP contribution in [0.3, 0.4) is 0 Å². The normalized spacial score (nSPS) is 15.7. The number of benzene rings is 9. The second kappa shape index (κ2) is 10.4. The van der Waals surface area contributed by atoms with Crippen LogP contribution in [-0.2, 0) is 5.41 Å². The van der Waals surface area contributed by atoms with E-state index in [9.17, 15) is 0 Å². The minimum atomic E-state index is -0.422. The zero-order chi connectivity index (χ0) is 34.0. The first-order valence-corrected chi connectivity index (χ1v) is 18.9. The van der Waals surface area contributed by atoms with E-state index < -0.39 is 5.41 Å². The molecule has 3 aliphatic rings. The molecule has 1 atom stereocenters. The zero-order valence-corrected chi connectivity index (χ0v) is 29.0. The summed E-state index contributed by atoms with van der Waals surface area (Å²) in [6, 6.07) is 68.4. The lowest BCUT2D eigenvalue weighted by Crippen LogP contribution is -2.26. The zero-order valence-electron chi connectivity index (χ0n) is 28.2. The highest BCUT2D eigenvalue weighted by molar-refractivity contribution is 7.99. The molecule has 1 heterocycles.